The van der Waals surface area contributed by atoms with E-state index in [2.05, 4.69) is 15.0 Å². The molecule has 1 aromatic carbocycles. The largest absolute Gasteiger partial charge is 0.458 e. The minimum Gasteiger partial charge on any atom is -0.458 e. The van der Waals surface area contributed by atoms with Gasteiger partial charge in [-0.2, -0.15) is 0 Å². The smallest absolute Gasteiger partial charge is 0.292 e. The maximum absolute atomic E-state index is 13.0. The summed E-state index contributed by atoms with van der Waals surface area (Å²) in [6.07, 6.45) is 5.05. The maximum atomic E-state index is 13.0. The molecule has 1 aliphatic rings. The van der Waals surface area contributed by atoms with E-state index < -0.39 is 6.04 Å². The maximum Gasteiger partial charge on any atom is 0.292 e. The Bertz CT molecular complexity index is 1090. The standard InChI is InChI=1S/C19H16N4O3/c1-11-3-2-4-12-7-14(26-18(11)12)17-16-13(21-9-22-16)5-6-23(17)19(24)15-8-20-10-25-15/h2-4,7-10,17H,5-6H2,1H3,(H,21,22)/t17-/m1/s1. The number of furan rings is 1. The predicted octanol–water partition coefficient (Wildman–Crippen LogP) is 3.24. The molecule has 0 saturated carbocycles. The van der Waals surface area contributed by atoms with Gasteiger partial charge < -0.3 is 18.7 Å². The van der Waals surface area contributed by atoms with Crippen LogP contribution in [0.4, 0.5) is 0 Å². The van der Waals surface area contributed by atoms with Crippen LogP contribution in [-0.2, 0) is 6.42 Å². The van der Waals surface area contributed by atoms with Crippen LogP contribution in [0.3, 0.4) is 0 Å². The highest BCUT2D eigenvalue weighted by Crippen LogP contribution is 2.37. The van der Waals surface area contributed by atoms with Gasteiger partial charge in [0.15, 0.2) is 6.39 Å². The van der Waals surface area contributed by atoms with Gasteiger partial charge >= 0.3 is 0 Å². The van der Waals surface area contributed by atoms with E-state index in [0.29, 0.717) is 18.7 Å². The highest BCUT2D eigenvalue weighted by molar-refractivity contribution is 5.92. The zero-order chi connectivity index (χ0) is 17.7. The van der Waals surface area contributed by atoms with Crippen LogP contribution in [0.25, 0.3) is 11.0 Å². The second kappa shape index (κ2) is 5.59. The fourth-order valence-corrected chi connectivity index (χ4v) is 3.61. The number of nitrogens with one attached hydrogen (secondary N) is 1. The first-order chi connectivity index (χ1) is 12.7. The van der Waals surface area contributed by atoms with E-state index in [1.807, 2.05) is 31.2 Å². The lowest BCUT2D eigenvalue weighted by Gasteiger charge is -2.33. The Kier molecular flexibility index (Phi) is 3.21. The average molecular weight is 348 g/mol. The van der Waals surface area contributed by atoms with E-state index in [9.17, 15) is 4.79 Å². The molecule has 4 heterocycles. The number of hydrogen-bond acceptors (Lipinski definition) is 5. The first-order valence-corrected chi connectivity index (χ1v) is 8.43. The minimum absolute atomic E-state index is 0.210. The van der Waals surface area contributed by atoms with E-state index >= 15 is 0 Å². The van der Waals surface area contributed by atoms with Gasteiger partial charge in [0.05, 0.1) is 18.2 Å². The van der Waals surface area contributed by atoms with Crippen molar-refractivity contribution in [2.75, 3.05) is 6.54 Å². The number of aromatic amines is 1. The summed E-state index contributed by atoms with van der Waals surface area (Å²) in [7, 11) is 0. The molecule has 0 saturated heterocycles. The summed E-state index contributed by atoms with van der Waals surface area (Å²) in [5.74, 6) is 0.676. The van der Waals surface area contributed by atoms with Gasteiger partial charge in [0.1, 0.15) is 17.4 Å². The van der Waals surface area contributed by atoms with Crippen LogP contribution in [0.5, 0.6) is 0 Å². The number of fused-ring (bicyclic) bond motifs is 2. The number of H-pyrrole nitrogens is 1. The first kappa shape index (κ1) is 14.9. The zero-order valence-electron chi connectivity index (χ0n) is 14.1. The van der Waals surface area contributed by atoms with Crippen molar-refractivity contribution >= 4 is 16.9 Å². The van der Waals surface area contributed by atoms with Crippen LogP contribution in [0.2, 0.25) is 0 Å². The van der Waals surface area contributed by atoms with Crippen LogP contribution < -0.4 is 0 Å². The van der Waals surface area contributed by atoms with Crippen molar-refractivity contribution in [1.82, 2.24) is 19.9 Å². The van der Waals surface area contributed by atoms with Crippen LogP contribution in [0.1, 0.15) is 39.3 Å². The van der Waals surface area contributed by atoms with Crippen LogP contribution in [0, 0.1) is 6.92 Å². The third kappa shape index (κ3) is 2.17. The number of rotatable bonds is 2. The van der Waals surface area contributed by atoms with Crippen LogP contribution >= 0.6 is 0 Å². The van der Waals surface area contributed by atoms with Gasteiger partial charge in [0.2, 0.25) is 5.76 Å². The second-order valence-corrected chi connectivity index (χ2v) is 6.43. The lowest BCUT2D eigenvalue weighted by molar-refractivity contribution is 0.0640. The SMILES string of the molecule is Cc1cccc2cc([C@@H]3c4nc[nH]c4CCN3C(=O)c3cnco3)oc12. The molecule has 0 fully saturated rings. The van der Waals surface area contributed by atoms with E-state index in [1.54, 1.807) is 11.2 Å². The van der Waals surface area contributed by atoms with Crippen molar-refractivity contribution in [2.45, 2.75) is 19.4 Å². The number of imidazole rings is 1. The summed E-state index contributed by atoms with van der Waals surface area (Å²) in [4.78, 5) is 26.2. The predicted molar refractivity (Wildman–Crippen MR) is 92.6 cm³/mol. The Morgan fingerprint density at radius 1 is 1.38 bits per heavy atom. The number of oxazole rings is 1. The van der Waals surface area contributed by atoms with Gasteiger partial charge in [-0.3, -0.25) is 4.79 Å². The molecule has 5 rings (SSSR count). The van der Waals surface area contributed by atoms with Crippen molar-refractivity contribution < 1.29 is 13.6 Å². The van der Waals surface area contributed by atoms with Gasteiger partial charge in [-0.05, 0) is 18.6 Å². The third-order valence-corrected chi connectivity index (χ3v) is 4.86. The number of aromatic nitrogens is 3. The van der Waals surface area contributed by atoms with Gasteiger partial charge in [0, 0.05) is 24.0 Å². The van der Waals surface area contributed by atoms with E-state index in [0.717, 1.165) is 27.9 Å². The molecule has 7 nitrogen and oxygen atoms in total. The molecule has 1 aliphatic heterocycles. The highest BCUT2D eigenvalue weighted by atomic mass is 16.4. The number of carbonyl (C=O) groups excluding carboxylic acids is 1. The van der Waals surface area contributed by atoms with Crippen molar-refractivity contribution in [3.05, 3.63) is 71.7 Å². The lowest BCUT2D eigenvalue weighted by atomic mass is 10.00. The fraction of sp³-hybridized carbons (Fsp3) is 0.211. The Hall–Kier alpha value is -3.35. The van der Waals surface area contributed by atoms with Crippen molar-refractivity contribution in [3.8, 4) is 0 Å². The number of nitrogens with zero attached hydrogens (tertiary/aromatic N) is 3. The summed E-state index contributed by atoms with van der Waals surface area (Å²) < 4.78 is 11.4. The van der Waals surface area contributed by atoms with E-state index in [4.69, 9.17) is 8.83 Å². The van der Waals surface area contributed by atoms with Gasteiger partial charge in [-0.1, -0.05) is 18.2 Å². The number of hydrogen-bond donors (Lipinski definition) is 1. The lowest BCUT2D eigenvalue weighted by Crippen LogP contribution is -2.40. The zero-order valence-corrected chi connectivity index (χ0v) is 14.1. The minimum atomic E-state index is -0.408. The van der Waals surface area contributed by atoms with Crippen LogP contribution in [-0.4, -0.2) is 32.3 Å². The Morgan fingerprint density at radius 2 is 2.31 bits per heavy atom. The van der Waals surface area contributed by atoms with Crippen molar-refractivity contribution in [3.63, 3.8) is 0 Å². The van der Waals surface area contributed by atoms with Gasteiger partial charge in [-0.15, -0.1) is 0 Å². The Balaban J connectivity index is 1.66. The monoisotopic (exact) mass is 348 g/mol. The molecule has 130 valence electrons. The third-order valence-electron chi connectivity index (χ3n) is 4.86. The number of carbonyl (C=O) groups is 1. The number of para-hydroxylation sites is 1. The van der Waals surface area contributed by atoms with Gasteiger partial charge in [0.25, 0.3) is 5.91 Å². The summed E-state index contributed by atoms with van der Waals surface area (Å²) >= 11 is 0. The Labute approximate surface area is 148 Å². The summed E-state index contributed by atoms with van der Waals surface area (Å²) in [5.41, 5.74) is 3.71. The number of benzene rings is 1. The molecule has 0 bridgehead atoms. The molecule has 1 N–H and O–H groups in total. The van der Waals surface area contributed by atoms with Crippen LogP contribution in [0.15, 0.2) is 52.0 Å². The normalized spacial score (nSPS) is 16.8. The molecular weight excluding hydrogens is 332 g/mol. The molecule has 0 unspecified atom stereocenters. The number of aryl methyl sites for hydroxylation is 1. The molecule has 1 amide bonds. The second-order valence-electron chi connectivity index (χ2n) is 6.43. The molecule has 1 atom stereocenters. The van der Waals surface area contributed by atoms with Gasteiger partial charge in [-0.25, -0.2) is 9.97 Å². The highest BCUT2D eigenvalue weighted by Gasteiger charge is 2.37. The van der Waals surface area contributed by atoms with E-state index in [1.165, 1.54) is 12.6 Å². The first-order valence-electron chi connectivity index (χ1n) is 8.43. The molecule has 0 aliphatic carbocycles. The van der Waals surface area contributed by atoms with Crippen molar-refractivity contribution in [1.29, 1.82) is 0 Å². The molecular formula is C19H16N4O3. The average Bonchev–Trinajstić information content (AvgIpc) is 3.39. The summed E-state index contributed by atoms with van der Waals surface area (Å²) in [5, 5.41) is 1.01. The fourth-order valence-electron chi connectivity index (χ4n) is 3.61. The Morgan fingerprint density at radius 3 is 3.12 bits per heavy atom. The molecule has 4 aromatic rings. The molecule has 3 aromatic heterocycles. The quantitative estimate of drug-likeness (QED) is 0.601. The molecule has 7 heteroatoms. The van der Waals surface area contributed by atoms with E-state index in [-0.39, 0.29) is 11.7 Å². The number of amides is 1. The molecule has 0 radical (unpaired) electrons. The molecule has 0 spiro atoms. The topological polar surface area (TPSA) is 88.2 Å². The molecule has 26 heavy (non-hydrogen) atoms. The summed E-state index contributed by atoms with van der Waals surface area (Å²) in [6.45, 7) is 2.54. The van der Waals surface area contributed by atoms with Crippen molar-refractivity contribution in [2.24, 2.45) is 0 Å². The summed E-state index contributed by atoms with van der Waals surface area (Å²) in [6, 6.07) is 7.58.